The zero-order chi connectivity index (χ0) is 20.1. The maximum absolute atomic E-state index is 12.7. The molecule has 2 aromatic carbocycles. The molecule has 0 spiro atoms. The molecule has 1 saturated heterocycles. The summed E-state index contributed by atoms with van der Waals surface area (Å²) in [5.41, 5.74) is 3.85. The van der Waals surface area contributed by atoms with E-state index in [4.69, 9.17) is 9.47 Å². The third-order valence-corrected chi connectivity index (χ3v) is 4.48. The van der Waals surface area contributed by atoms with E-state index >= 15 is 0 Å². The number of nitrogens with zero attached hydrogens (tertiary/aromatic N) is 1. The second kappa shape index (κ2) is 8.75. The number of hydrogen-bond donors (Lipinski definition) is 1. The van der Waals surface area contributed by atoms with Gasteiger partial charge in [-0.05, 0) is 58.8 Å². The van der Waals surface area contributed by atoms with E-state index in [9.17, 15) is 9.59 Å². The molecule has 0 atom stereocenters. The Labute approximate surface area is 171 Å². The lowest BCUT2D eigenvalue weighted by Crippen LogP contribution is -2.35. The molecule has 0 bridgehead atoms. The van der Waals surface area contributed by atoms with Gasteiger partial charge in [0.1, 0.15) is 12.2 Å². The highest BCUT2D eigenvalue weighted by Gasteiger charge is 2.34. The Morgan fingerprint density at radius 3 is 2.61 bits per heavy atom. The van der Waals surface area contributed by atoms with E-state index in [1.54, 1.807) is 42.5 Å². The Kier molecular flexibility index (Phi) is 6.16. The lowest BCUT2D eigenvalue weighted by molar-refractivity contribution is -0.117. The van der Waals surface area contributed by atoms with Crippen LogP contribution >= 0.6 is 15.9 Å². The first kappa shape index (κ1) is 19.7. The summed E-state index contributed by atoms with van der Waals surface area (Å²) in [6.07, 6.45) is 3.17. The summed E-state index contributed by atoms with van der Waals surface area (Å²) in [6.45, 7) is 6.27. The normalized spacial score (nSPS) is 14.9. The van der Waals surface area contributed by atoms with Crippen LogP contribution in [0, 0.1) is 0 Å². The second-order valence-corrected chi connectivity index (χ2v) is 6.69. The molecule has 2 aromatic rings. The molecule has 1 fully saturated rings. The Morgan fingerprint density at radius 2 is 1.93 bits per heavy atom. The van der Waals surface area contributed by atoms with Gasteiger partial charge < -0.3 is 9.47 Å². The Balaban J connectivity index is 1.95. The van der Waals surface area contributed by atoms with Crippen LogP contribution in [0.2, 0.25) is 0 Å². The van der Waals surface area contributed by atoms with Gasteiger partial charge in [-0.1, -0.05) is 30.9 Å². The lowest BCUT2D eigenvalue weighted by atomic mass is 10.1. The average molecular weight is 443 g/mol. The van der Waals surface area contributed by atoms with Crippen molar-refractivity contribution in [3.63, 3.8) is 0 Å². The standard InChI is InChI=1S/C21H19BrN2O4/c1-3-10-28-19-17(22)12-14(13-18(19)27-4-2)11-16-20(25)23-24(21(16)26)15-8-6-5-7-9-15/h3,5-9,11-13H,1,4,10H2,2H3,(H,23,25)/b16-11-. The number of anilines is 1. The second-order valence-electron chi connectivity index (χ2n) is 5.84. The highest BCUT2D eigenvalue weighted by molar-refractivity contribution is 9.10. The van der Waals surface area contributed by atoms with Gasteiger partial charge in [-0.15, -0.1) is 0 Å². The van der Waals surface area contributed by atoms with Gasteiger partial charge >= 0.3 is 0 Å². The summed E-state index contributed by atoms with van der Waals surface area (Å²) >= 11 is 3.46. The van der Waals surface area contributed by atoms with Crippen LogP contribution in [0.4, 0.5) is 5.69 Å². The fourth-order valence-electron chi connectivity index (χ4n) is 2.70. The molecular formula is C21H19BrN2O4. The van der Waals surface area contributed by atoms with Crippen molar-refractivity contribution in [2.45, 2.75) is 6.92 Å². The summed E-state index contributed by atoms with van der Waals surface area (Å²) in [4.78, 5) is 25.1. The van der Waals surface area contributed by atoms with E-state index in [1.165, 1.54) is 11.1 Å². The van der Waals surface area contributed by atoms with Crippen molar-refractivity contribution in [1.29, 1.82) is 0 Å². The Bertz CT molecular complexity index is 941. The van der Waals surface area contributed by atoms with Gasteiger partial charge in [0.15, 0.2) is 11.5 Å². The molecule has 0 aliphatic carbocycles. The van der Waals surface area contributed by atoms with Crippen LogP contribution in [-0.2, 0) is 9.59 Å². The first-order valence-electron chi connectivity index (χ1n) is 8.67. The van der Waals surface area contributed by atoms with Crippen molar-refractivity contribution in [3.05, 3.63) is 70.7 Å². The van der Waals surface area contributed by atoms with E-state index in [0.717, 1.165) is 0 Å². The van der Waals surface area contributed by atoms with Gasteiger partial charge in [0.25, 0.3) is 11.8 Å². The Hall–Kier alpha value is -3.06. The van der Waals surface area contributed by atoms with Gasteiger partial charge in [0, 0.05) is 0 Å². The van der Waals surface area contributed by atoms with Gasteiger partial charge in [0.05, 0.1) is 16.8 Å². The number of carbonyl (C=O) groups excluding carboxylic acids is 2. The molecule has 0 radical (unpaired) electrons. The fraction of sp³-hybridized carbons (Fsp3) is 0.143. The van der Waals surface area contributed by atoms with E-state index in [-0.39, 0.29) is 5.57 Å². The maximum Gasteiger partial charge on any atom is 0.282 e. The third kappa shape index (κ3) is 4.09. The first-order valence-corrected chi connectivity index (χ1v) is 9.46. The van der Waals surface area contributed by atoms with Crippen molar-refractivity contribution >= 4 is 39.5 Å². The molecule has 0 saturated carbocycles. The smallest absolute Gasteiger partial charge is 0.282 e. The average Bonchev–Trinajstić information content (AvgIpc) is 2.96. The van der Waals surface area contributed by atoms with Crippen molar-refractivity contribution in [2.24, 2.45) is 0 Å². The van der Waals surface area contributed by atoms with Gasteiger partial charge in [0.2, 0.25) is 0 Å². The SMILES string of the molecule is C=CCOc1c(Br)cc(/C=C2/C(=O)NN(c3ccccc3)C2=O)cc1OCC. The molecular weight excluding hydrogens is 424 g/mol. The number of halogens is 1. The van der Waals surface area contributed by atoms with Crippen LogP contribution in [0.1, 0.15) is 12.5 Å². The van der Waals surface area contributed by atoms with Crippen molar-refractivity contribution in [2.75, 3.05) is 18.2 Å². The minimum absolute atomic E-state index is 0.0398. The lowest BCUT2D eigenvalue weighted by Gasteiger charge is -2.14. The van der Waals surface area contributed by atoms with E-state index < -0.39 is 11.8 Å². The zero-order valence-electron chi connectivity index (χ0n) is 15.3. The van der Waals surface area contributed by atoms with Crippen LogP contribution in [0.15, 0.2) is 65.2 Å². The number of rotatable bonds is 7. The number of carbonyl (C=O) groups is 2. The molecule has 6 nitrogen and oxygen atoms in total. The summed E-state index contributed by atoms with van der Waals surface area (Å²) in [7, 11) is 0. The van der Waals surface area contributed by atoms with Gasteiger partial charge in [-0.2, -0.15) is 0 Å². The number of ether oxygens (including phenoxy) is 2. The van der Waals surface area contributed by atoms with E-state index in [1.807, 2.05) is 13.0 Å². The summed E-state index contributed by atoms with van der Waals surface area (Å²) in [6, 6.07) is 12.4. The molecule has 2 amide bonds. The molecule has 1 heterocycles. The molecule has 144 valence electrons. The number of hydrogen-bond acceptors (Lipinski definition) is 4. The summed E-state index contributed by atoms with van der Waals surface area (Å²) in [5.74, 6) is 0.167. The monoisotopic (exact) mass is 442 g/mol. The molecule has 1 aliphatic heterocycles. The maximum atomic E-state index is 12.7. The zero-order valence-corrected chi connectivity index (χ0v) is 16.9. The molecule has 7 heteroatoms. The summed E-state index contributed by atoms with van der Waals surface area (Å²) < 4.78 is 11.9. The minimum atomic E-state index is -0.463. The topological polar surface area (TPSA) is 67.9 Å². The van der Waals surface area contributed by atoms with Crippen LogP contribution in [0.3, 0.4) is 0 Å². The molecule has 1 N–H and O–H groups in total. The van der Waals surface area contributed by atoms with Crippen molar-refractivity contribution in [3.8, 4) is 11.5 Å². The summed E-state index contributed by atoms with van der Waals surface area (Å²) in [5, 5.41) is 1.23. The number of benzene rings is 2. The quantitative estimate of drug-likeness (QED) is 0.401. The molecule has 0 unspecified atom stereocenters. The van der Waals surface area contributed by atoms with E-state index in [0.29, 0.717) is 40.4 Å². The highest BCUT2D eigenvalue weighted by atomic mass is 79.9. The molecule has 0 aromatic heterocycles. The number of nitrogens with one attached hydrogen (secondary N) is 1. The predicted octanol–water partition coefficient (Wildman–Crippen LogP) is 3.87. The molecule has 3 rings (SSSR count). The van der Waals surface area contributed by atoms with Crippen LogP contribution in [0.5, 0.6) is 11.5 Å². The Morgan fingerprint density at radius 1 is 1.18 bits per heavy atom. The molecule has 1 aliphatic rings. The fourth-order valence-corrected chi connectivity index (χ4v) is 3.27. The van der Waals surface area contributed by atoms with Gasteiger partial charge in [-0.3, -0.25) is 15.0 Å². The predicted molar refractivity (Wildman–Crippen MR) is 111 cm³/mol. The number of para-hydroxylation sites is 1. The van der Waals surface area contributed by atoms with Crippen LogP contribution < -0.4 is 19.9 Å². The first-order chi connectivity index (χ1) is 13.5. The number of hydrazine groups is 1. The van der Waals surface area contributed by atoms with Crippen molar-refractivity contribution in [1.82, 2.24) is 5.43 Å². The largest absolute Gasteiger partial charge is 0.490 e. The minimum Gasteiger partial charge on any atom is -0.490 e. The van der Waals surface area contributed by atoms with E-state index in [2.05, 4.69) is 27.9 Å². The van der Waals surface area contributed by atoms with Crippen molar-refractivity contribution < 1.29 is 19.1 Å². The van der Waals surface area contributed by atoms with Crippen LogP contribution in [-0.4, -0.2) is 25.0 Å². The van der Waals surface area contributed by atoms with Gasteiger partial charge in [-0.25, -0.2) is 5.01 Å². The number of amides is 2. The third-order valence-electron chi connectivity index (χ3n) is 3.89. The molecule has 28 heavy (non-hydrogen) atoms. The van der Waals surface area contributed by atoms with Crippen LogP contribution in [0.25, 0.3) is 6.08 Å². The highest BCUT2D eigenvalue weighted by Crippen LogP contribution is 2.38.